The number of para-hydroxylation sites is 1. The van der Waals surface area contributed by atoms with Crippen molar-refractivity contribution in [1.29, 1.82) is 0 Å². The van der Waals surface area contributed by atoms with Crippen LogP contribution in [-0.4, -0.2) is 8.42 Å². The van der Waals surface area contributed by atoms with Gasteiger partial charge < -0.3 is 4.42 Å². The minimum atomic E-state index is -3.50. The quantitative estimate of drug-likeness (QED) is 0.811. The maximum Gasteiger partial charge on any atom is 0.213 e. The topological polar surface area (TPSA) is 73.3 Å². The largest absolute Gasteiger partial charge is 0.464 e. The van der Waals surface area contributed by atoms with Crippen molar-refractivity contribution < 1.29 is 12.8 Å². The molecule has 0 spiro atoms. The molecule has 0 aliphatic rings. The fraction of sp³-hybridized carbons (Fsp3) is 0.111. The Morgan fingerprint density at radius 1 is 1.29 bits per heavy atom. The van der Waals surface area contributed by atoms with E-state index in [9.17, 15) is 8.42 Å². The highest BCUT2D eigenvalue weighted by atomic mass is 32.2. The molecule has 1 aromatic heterocycles. The summed E-state index contributed by atoms with van der Waals surface area (Å²) in [5.41, 5.74) is 1.27. The van der Waals surface area contributed by atoms with Crippen LogP contribution < -0.4 is 5.14 Å². The maximum absolute atomic E-state index is 10.9. The number of rotatable bonds is 2. The Bertz CT molecular complexity index is 556. The summed E-state index contributed by atoms with van der Waals surface area (Å²) < 4.78 is 26.9. The smallest absolute Gasteiger partial charge is 0.213 e. The number of nitrogens with two attached hydrogens (primary N) is 1. The second-order valence-electron chi connectivity index (χ2n) is 3.06. The zero-order valence-corrected chi connectivity index (χ0v) is 8.12. The fourth-order valence-electron chi connectivity index (χ4n) is 1.36. The summed E-state index contributed by atoms with van der Waals surface area (Å²) in [4.78, 5) is 0. The predicted octanol–water partition coefficient (Wildman–Crippen LogP) is 1.22. The molecule has 14 heavy (non-hydrogen) atoms. The van der Waals surface area contributed by atoms with Crippen molar-refractivity contribution in [1.82, 2.24) is 0 Å². The molecule has 4 nitrogen and oxygen atoms in total. The zero-order valence-electron chi connectivity index (χ0n) is 7.30. The van der Waals surface area contributed by atoms with Crippen LogP contribution in [0.5, 0.6) is 0 Å². The number of sulfonamides is 1. The Morgan fingerprint density at radius 2 is 2.00 bits per heavy atom. The van der Waals surface area contributed by atoms with E-state index in [1.165, 1.54) is 6.26 Å². The second kappa shape index (κ2) is 3.11. The van der Waals surface area contributed by atoms with E-state index >= 15 is 0 Å². The SMILES string of the molecule is NS(=O)(=O)Cc1coc2ccccc12. The Balaban J connectivity index is 2.54. The normalized spacial score (nSPS) is 12.1. The lowest BCUT2D eigenvalue weighted by molar-refractivity contribution is 0.593. The highest BCUT2D eigenvalue weighted by Crippen LogP contribution is 2.21. The molecule has 2 rings (SSSR count). The summed E-state index contributed by atoms with van der Waals surface area (Å²) in [6.45, 7) is 0. The third-order valence-corrected chi connectivity index (χ3v) is 2.63. The van der Waals surface area contributed by atoms with Gasteiger partial charge in [-0.1, -0.05) is 18.2 Å². The van der Waals surface area contributed by atoms with E-state index in [1.54, 1.807) is 12.1 Å². The van der Waals surface area contributed by atoms with Crippen molar-refractivity contribution in [2.75, 3.05) is 0 Å². The van der Waals surface area contributed by atoms with E-state index in [4.69, 9.17) is 9.56 Å². The van der Waals surface area contributed by atoms with Crippen molar-refractivity contribution in [3.05, 3.63) is 36.1 Å². The van der Waals surface area contributed by atoms with Crippen LogP contribution in [0.15, 0.2) is 34.9 Å². The van der Waals surface area contributed by atoms with Gasteiger partial charge in [0.25, 0.3) is 0 Å². The first-order valence-electron chi connectivity index (χ1n) is 4.02. The average Bonchev–Trinajstić information content (AvgIpc) is 2.47. The van der Waals surface area contributed by atoms with Crippen molar-refractivity contribution in [2.24, 2.45) is 5.14 Å². The first kappa shape index (κ1) is 9.23. The predicted molar refractivity (Wildman–Crippen MR) is 53.0 cm³/mol. The average molecular weight is 211 g/mol. The van der Waals surface area contributed by atoms with Gasteiger partial charge in [-0.05, 0) is 6.07 Å². The van der Waals surface area contributed by atoms with E-state index in [1.807, 2.05) is 12.1 Å². The molecule has 2 aromatic rings. The maximum atomic E-state index is 10.9. The van der Waals surface area contributed by atoms with Crippen molar-refractivity contribution in [3.8, 4) is 0 Å². The minimum absolute atomic E-state index is 0.190. The van der Waals surface area contributed by atoms with Gasteiger partial charge in [-0.15, -0.1) is 0 Å². The van der Waals surface area contributed by atoms with Crippen LogP contribution in [0.25, 0.3) is 11.0 Å². The van der Waals surface area contributed by atoms with E-state index in [-0.39, 0.29) is 5.75 Å². The van der Waals surface area contributed by atoms with Gasteiger partial charge in [0.2, 0.25) is 10.0 Å². The summed E-state index contributed by atoms with van der Waals surface area (Å²) in [7, 11) is -3.50. The molecule has 0 fully saturated rings. The summed E-state index contributed by atoms with van der Waals surface area (Å²) in [6.07, 6.45) is 1.43. The number of primary sulfonamides is 1. The summed E-state index contributed by atoms with van der Waals surface area (Å²) in [5, 5.41) is 5.74. The summed E-state index contributed by atoms with van der Waals surface area (Å²) >= 11 is 0. The van der Waals surface area contributed by atoms with Crippen molar-refractivity contribution >= 4 is 21.0 Å². The lowest BCUT2D eigenvalue weighted by atomic mass is 10.2. The highest BCUT2D eigenvalue weighted by Gasteiger charge is 2.10. The van der Waals surface area contributed by atoms with Gasteiger partial charge in [0.15, 0.2) is 0 Å². The van der Waals surface area contributed by atoms with E-state index in [2.05, 4.69) is 0 Å². The number of furan rings is 1. The Kier molecular flexibility index (Phi) is 2.05. The van der Waals surface area contributed by atoms with Crippen LogP contribution >= 0.6 is 0 Å². The van der Waals surface area contributed by atoms with Gasteiger partial charge >= 0.3 is 0 Å². The molecule has 0 saturated heterocycles. The van der Waals surface area contributed by atoms with Crippen LogP contribution in [0, 0.1) is 0 Å². The van der Waals surface area contributed by atoms with Crippen LogP contribution in [-0.2, 0) is 15.8 Å². The van der Waals surface area contributed by atoms with Gasteiger partial charge in [-0.25, -0.2) is 13.6 Å². The molecular formula is C9H9NO3S. The molecule has 2 N–H and O–H groups in total. The Morgan fingerprint density at radius 3 is 2.71 bits per heavy atom. The first-order valence-corrected chi connectivity index (χ1v) is 5.73. The van der Waals surface area contributed by atoms with Gasteiger partial charge in [0.1, 0.15) is 5.58 Å². The summed E-state index contributed by atoms with van der Waals surface area (Å²) in [6, 6.07) is 7.23. The first-order chi connectivity index (χ1) is 6.56. The number of hydrogen-bond acceptors (Lipinski definition) is 3. The summed E-state index contributed by atoms with van der Waals surface area (Å²) in [5.74, 6) is -0.190. The molecule has 0 saturated carbocycles. The van der Waals surface area contributed by atoms with E-state index in [0.717, 1.165) is 5.39 Å². The molecule has 0 atom stereocenters. The van der Waals surface area contributed by atoms with Crippen LogP contribution in [0.1, 0.15) is 5.56 Å². The third-order valence-electron chi connectivity index (χ3n) is 1.92. The van der Waals surface area contributed by atoms with Gasteiger partial charge in [-0.2, -0.15) is 0 Å². The van der Waals surface area contributed by atoms with Crippen molar-refractivity contribution in [2.45, 2.75) is 5.75 Å². The molecule has 74 valence electrons. The Labute approximate surface area is 81.4 Å². The molecular weight excluding hydrogens is 202 g/mol. The minimum Gasteiger partial charge on any atom is -0.464 e. The van der Waals surface area contributed by atoms with Crippen LogP contribution in [0.2, 0.25) is 0 Å². The van der Waals surface area contributed by atoms with E-state index < -0.39 is 10.0 Å². The zero-order chi connectivity index (χ0) is 10.2. The van der Waals surface area contributed by atoms with Gasteiger partial charge in [0, 0.05) is 10.9 Å². The van der Waals surface area contributed by atoms with E-state index in [0.29, 0.717) is 11.1 Å². The molecule has 0 aliphatic heterocycles. The molecule has 0 bridgehead atoms. The molecule has 0 amide bonds. The molecule has 1 aromatic carbocycles. The van der Waals surface area contributed by atoms with Gasteiger partial charge in [-0.3, -0.25) is 0 Å². The van der Waals surface area contributed by atoms with Crippen molar-refractivity contribution in [3.63, 3.8) is 0 Å². The van der Waals surface area contributed by atoms with Crippen LogP contribution in [0.3, 0.4) is 0 Å². The fourth-order valence-corrected chi connectivity index (χ4v) is 2.02. The molecule has 0 aliphatic carbocycles. The van der Waals surface area contributed by atoms with Gasteiger partial charge in [0.05, 0.1) is 12.0 Å². The molecule has 0 unspecified atom stereocenters. The number of hydrogen-bond donors (Lipinski definition) is 1. The highest BCUT2D eigenvalue weighted by molar-refractivity contribution is 7.88. The van der Waals surface area contributed by atoms with Crippen LogP contribution in [0.4, 0.5) is 0 Å². The lowest BCUT2D eigenvalue weighted by Gasteiger charge is -1.94. The molecule has 0 radical (unpaired) electrons. The number of benzene rings is 1. The molecule has 1 heterocycles. The molecule has 5 heteroatoms. The standard InChI is InChI=1S/C9H9NO3S/c10-14(11,12)6-7-5-13-9-4-2-1-3-8(7)9/h1-5H,6H2,(H2,10,11,12). The lowest BCUT2D eigenvalue weighted by Crippen LogP contribution is -2.14. The second-order valence-corrected chi connectivity index (χ2v) is 4.68. The number of fused-ring (bicyclic) bond motifs is 1. The monoisotopic (exact) mass is 211 g/mol. The third kappa shape index (κ3) is 1.78. The Hall–Kier alpha value is -1.33.